The van der Waals surface area contributed by atoms with E-state index in [1.807, 2.05) is 24.3 Å². The van der Waals surface area contributed by atoms with Crippen LogP contribution in [0.4, 0.5) is 22.7 Å². The lowest BCUT2D eigenvalue weighted by Crippen LogP contribution is -2.12. The van der Waals surface area contributed by atoms with Crippen molar-refractivity contribution in [3.63, 3.8) is 0 Å². The van der Waals surface area contributed by atoms with Crippen LogP contribution >= 0.6 is 0 Å². The predicted octanol–water partition coefficient (Wildman–Crippen LogP) is 5.81. The van der Waals surface area contributed by atoms with Crippen LogP contribution < -0.4 is 10.2 Å². The average molecular weight is 302 g/mol. The van der Waals surface area contributed by atoms with Crippen LogP contribution in [0.15, 0.2) is 72.8 Å². The molecule has 0 aliphatic heterocycles. The first-order chi connectivity index (χ1) is 11.1. The third-order valence-electron chi connectivity index (χ3n) is 4.17. The maximum Gasteiger partial charge on any atom is 0.0650 e. The summed E-state index contributed by atoms with van der Waals surface area (Å²) in [5, 5.41) is 3.55. The molecule has 0 unspecified atom stereocenters. The number of para-hydroxylation sites is 2. The van der Waals surface area contributed by atoms with Gasteiger partial charge in [0.05, 0.1) is 11.4 Å². The fourth-order valence-corrected chi connectivity index (χ4v) is 2.65. The van der Waals surface area contributed by atoms with Crippen molar-refractivity contribution in [3.8, 4) is 0 Å². The first-order valence-electron chi connectivity index (χ1n) is 7.87. The Hall–Kier alpha value is -2.74. The molecule has 0 aliphatic rings. The molecule has 0 spiro atoms. The minimum atomic E-state index is 1.10. The standard InChI is InChI=1S/C21H22N2/c1-16-14-20(22-18-10-6-4-7-11-18)21(15-17(16)2)23(3)19-12-8-5-9-13-19/h4-15,22H,1-3H3. The largest absolute Gasteiger partial charge is 0.354 e. The Kier molecular flexibility index (Phi) is 4.33. The Morgan fingerprint density at radius 1 is 0.739 bits per heavy atom. The number of hydrogen-bond donors (Lipinski definition) is 1. The molecular weight excluding hydrogens is 280 g/mol. The van der Waals surface area contributed by atoms with Crippen molar-refractivity contribution in [3.05, 3.63) is 83.9 Å². The summed E-state index contributed by atoms with van der Waals surface area (Å²) < 4.78 is 0. The summed E-state index contributed by atoms with van der Waals surface area (Å²) in [6.45, 7) is 4.31. The first kappa shape index (κ1) is 15.2. The zero-order valence-electron chi connectivity index (χ0n) is 13.9. The fourth-order valence-electron chi connectivity index (χ4n) is 2.65. The highest BCUT2D eigenvalue weighted by molar-refractivity contribution is 5.80. The molecule has 0 saturated heterocycles. The van der Waals surface area contributed by atoms with Crippen LogP contribution in [0, 0.1) is 13.8 Å². The Bertz CT molecular complexity index is 780. The molecule has 0 radical (unpaired) electrons. The van der Waals surface area contributed by atoms with E-state index in [1.165, 1.54) is 22.5 Å². The smallest absolute Gasteiger partial charge is 0.0650 e. The van der Waals surface area contributed by atoms with Crippen molar-refractivity contribution in [2.45, 2.75) is 13.8 Å². The summed E-state index contributed by atoms with van der Waals surface area (Å²) in [5.74, 6) is 0. The average Bonchev–Trinajstić information content (AvgIpc) is 2.59. The molecule has 0 heterocycles. The number of nitrogens with zero attached hydrogens (tertiary/aromatic N) is 1. The highest BCUT2D eigenvalue weighted by Gasteiger charge is 2.11. The van der Waals surface area contributed by atoms with Crippen LogP contribution in [0.3, 0.4) is 0 Å². The van der Waals surface area contributed by atoms with Gasteiger partial charge in [0.15, 0.2) is 0 Å². The Morgan fingerprint density at radius 3 is 1.96 bits per heavy atom. The van der Waals surface area contributed by atoms with Crippen LogP contribution in [0.5, 0.6) is 0 Å². The third-order valence-corrected chi connectivity index (χ3v) is 4.17. The van der Waals surface area contributed by atoms with Crippen LogP contribution in [0.2, 0.25) is 0 Å². The van der Waals surface area contributed by atoms with E-state index in [0.29, 0.717) is 0 Å². The molecule has 0 atom stereocenters. The van der Waals surface area contributed by atoms with Crippen molar-refractivity contribution in [2.24, 2.45) is 0 Å². The van der Waals surface area contributed by atoms with E-state index in [1.54, 1.807) is 0 Å². The van der Waals surface area contributed by atoms with Gasteiger partial charge in [-0.15, -0.1) is 0 Å². The van der Waals surface area contributed by atoms with E-state index in [0.717, 1.165) is 11.4 Å². The van der Waals surface area contributed by atoms with E-state index >= 15 is 0 Å². The maximum absolute atomic E-state index is 3.55. The maximum atomic E-state index is 3.55. The van der Waals surface area contributed by atoms with Gasteiger partial charge < -0.3 is 10.2 Å². The Labute approximate surface area is 138 Å². The molecule has 2 nitrogen and oxygen atoms in total. The second-order valence-electron chi connectivity index (χ2n) is 5.84. The molecule has 0 aliphatic carbocycles. The van der Waals surface area contributed by atoms with Gasteiger partial charge in [-0.1, -0.05) is 36.4 Å². The Morgan fingerprint density at radius 2 is 1.30 bits per heavy atom. The van der Waals surface area contributed by atoms with Gasteiger partial charge in [0.1, 0.15) is 0 Å². The molecule has 3 rings (SSSR count). The highest BCUT2D eigenvalue weighted by Crippen LogP contribution is 2.34. The van der Waals surface area contributed by atoms with E-state index in [4.69, 9.17) is 0 Å². The zero-order valence-corrected chi connectivity index (χ0v) is 13.9. The van der Waals surface area contributed by atoms with E-state index in [9.17, 15) is 0 Å². The van der Waals surface area contributed by atoms with Crippen molar-refractivity contribution < 1.29 is 0 Å². The molecule has 3 aromatic carbocycles. The summed E-state index contributed by atoms with van der Waals surface area (Å²) in [4.78, 5) is 2.22. The lowest BCUT2D eigenvalue weighted by molar-refractivity contribution is 1.19. The monoisotopic (exact) mass is 302 g/mol. The summed E-state index contributed by atoms with van der Waals surface area (Å²) in [6.07, 6.45) is 0. The number of nitrogens with one attached hydrogen (secondary N) is 1. The molecule has 2 heteroatoms. The molecule has 23 heavy (non-hydrogen) atoms. The van der Waals surface area contributed by atoms with Gasteiger partial charge in [0.25, 0.3) is 0 Å². The topological polar surface area (TPSA) is 15.3 Å². The normalized spacial score (nSPS) is 10.4. The number of rotatable bonds is 4. The van der Waals surface area contributed by atoms with Gasteiger partial charge in [0.2, 0.25) is 0 Å². The molecule has 0 fully saturated rings. The van der Waals surface area contributed by atoms with Crippen LogP contribution in [-0.4, -0.2) is 7.05 Å². The third kappa shape index (κ3) is 3.37. The van der Waals surface area contributed by atoms with Gasteiger partial charge in [-0.25, -0.2) is 0 Å². The molecule has 1 N–H and O–H groups in total. The summed E-state index contributed by atoms with van der Waals surface area (Å²) in [7, 11) is 2.11. The Balaban J connectivity index is 2.03. The van der Waals surface area contributed by atoms with Crippen molar-refractivity contribution >= 4 is 22.7 Å². The SMILES string of the molecule is Cc1cc(Nc2ccccc2)c(N(C)c2ccccc2)cc1C. The van der Waals surface area contributed by atoms with E-state index < -0.39 is 0 Å². The number of hydrogen-bond acceptors (Lipinski definition) is 2. The van der Waals surface area contributed by atoms with Gasteiger partial charge in [0, 0.05) is 18.4 Å². The summed E-state index contributed by atoms with van der Waals surface area (Å²) >= 11 is 0. The van der Waals surface area contributed by atoms with Crippen LogP contribution in [0.1, 0.15) is 11.1 Å². The molecule has 0 amide bonds. The molecule has 0 bridgehead atoms. The predicted molar refractivity (Wildman–Crippen MR) is 100 cm³/mol. The van der Waals surface area contributed by atoms with Crippen LogP contribution in [0.25, 0.3) is 0 Å². The second kappa shape index (κ2) is 6.57. The molecule has 0 aromatic heterocycles. The number of anilines is 4. The molecule has 0 saturated carbocycles. The minimum absolute atomic E-state index is 1.10. The van der Waals surface area contributed by atoms with Crippen molar-refractivity contribution in [1.29, 1.82) is 0 Å². The first-order valence-corrected chi connectivity index (χ1v) is 7.87. The fraction of sp³-hybridized carbons (Fsp3) is 0.143. The highest BCUT2D eigenvalue weighted by atomic mass is 15.1. The number of aryl methyl sites for hydroxylation is 2. The minimum Gasteiger partial charge on any atom is -0.354 e. The lowest BCUT2D eigenvalue weighted by Gasteiger charge is -2.24. The second-order valence-corrected chi connectivity index (χ2v) is 5.84. The zero-order chi connectivity index (χ0) is 16.2. The van der Waals surface area contributed by atoms with Crippen LogP contribution in [-0.2, 0) is 0 Å². The van der Waals surface area contributed by atoms with E-state index in [-0.39, 0.29) is 0 Å². The van der Waals surface area contributed by atoms with Gasteiger partial charge in [-0.2, -0.15) is 0 Å². The van der Waals surface area contributed by atoms with Crippen molar-refractivity contribution in [1.82, 2.24) is 0 Å². The van der Waals surface area contributed by atoms with Gasteiger partial charge >= 0.3 is 0 Å². The quantitative estimate of drug-likeness (QED) is 0.653. The summed E-state index contributed by atoms with van der Waals surface area (Å²) in [5.41, 5.74) is 7.13. The number of benzene rings is 3. The van der Waals surface area contributed by atoms with E-state index in [2.05, 4.69) is 79.6 Å². The van der Waals surface area contributed by atoms with Crippen molar-refractivity contribution in [2.75, 3.05) is 17.3 Å². The molecular formula is C21H22N2. The molecule has 3 aromatic rings. The summed E-state index contributed by atoms with van der Waals surface area (Å²) in [6, 6.07) is 25.2. The van der Waals surface area contributed by atoms with Gasteiger partial charge in [-0.05, 0) is 61.4 Å². The van der Waals surface area contributed by atoms with Gasteiger partial charge in [-0.3, -0.25) is 0 Å². The molecule has 116 valence electrons. The lowest BCUT2D eigenvalue weighted by atomic mass is 10.1.